The van der Waals surface area contributed by atoms with E-state index >= 15 is 0 Å². The molecule has 1 heterocycles. The molecule has 0 aliphatic rings. The lowest BCUT2D eigenvalue weighted by atomic mass is 10.0. The van der Waals surface area contributed by atoms with E-state index < -0.39 is 0 Å². The summed E-state index contributed by atoms with van der Waals surface area (Å²) in [6.07, 6.45) is 3.70. The Morgan fingerprint density at radius 2 is 2.22 bits per heavy atom. The van der Waals surface area contributed by atoms with Crippen molar-refractivity contribution in [3.63, 3.8) is 0 Å². The van der Waals surface area contributed by atoms with Crippen molar-refractivity contribution in [1.29, 1.82) is 0 Å². The van der Waals surface area contributed by atoms with Crippen LogP contribution in [0.25, 0.3) is 0 Å². The van der Waals surface area contributed by atoms with Gasteiger partial charge >= 0.3 is 0 Å². The zero-order chi connectivity index (χ0) is 13.1. The molecule has 0 radical (unpaired) electrons. The third-order valence-electron chi connectivity index (χ3n) is 3.09. The number of imidazole rings is 1. The lowest BCUT2D eigenvalue weighted by Crippen LogP contribution is -2.23. The van der Waals surface area contributed by atoms with Crippen molar-refractivity contribution in [1.82, 2.24) is 14.9 Å². The second-order valence-electron chi connectivity index (χ2n) is 4.43. The highest BCUT2D eigenvalue weighted by Crippen LogP contribution is 2.25. The summed E-state index contributed by atoms with van der Waals surface area (Å²) in [7, 11) is 2.00. The monoisotopic (exact) mass is 263 g/mol. The van der Waals surface area contributed by atoms with Gasteiger partial charge in [-0.05, 0) is 30.7 Å². The lowest BCUT2D eigenvalue weighted by Gasteiger charge is -2.19. The van der Waals surface area contributed by atoms with E-state index in [9.17, 15) is 0 Å². The largest absolute Gasteiger partial charge is 0.336 e. The van der Waals surface area contributed by atoms with Crippen molar-refractivity contribution in [3.8, 4) is 0 Å². The average molecular weight is 264 g/mol. The molecule has 3 nitrogen and oxygen atoms in total. The van der Waals surface area contributed by atoms with Crippen molar-refractivity contribution in [2.24, 2.45) is 7.05 Å². The summed E-state index contributed by atoms with van der Waals surface area (Å²) in [6, 6.07) is 6.32. The highest BCUT2D eigenvalue weighted by atomic mass is 35.5. The predicted molar refractivity (Wildman–Crippen MR) is 74.9 cm³/mol. The van der Waals surface area contributed by atoms with Crippen molar-refractivity contribution in [2.45, 2.75) is 19.9 Å². The Kier molecular flexibility index (Phi) is 4.04. The van der Waals surface area contributed by atoms with Crippen LogP contribution in [0.4, 0.5) is 0 Å². The van der Waals surface area contributed by atoms with Gasteiger partial charge in [-0.2, -0.15) is 0 Å². The number of hydrogen-bond donors (Lipinski definition) is 1. The van der Waals surface area contributed by atoms with Crippen LogP contribution in [0.1, 0.15) is 29.8 Å². The van der Waals surface area contributed by atoms with Gasteiger partial charge in [0.05, 0.1) is 24.3 Å². The van der Waals surface area contributed by atoms with Crippen LogP contribution in [0.15, 0.2) is 30.7 Å². The molecule has 1 N–H and O–H groups in total. The van der Waals surface area contributed by atoms with E-state index in [1.54, 1.807) is 0 Å². The Balaban J connectivity index is 2.41. The van der Waals surface area contributed by atoms with Gasteiger partial charge in [-0.15, -0.1) is 0 Å². The fourth-order valence-corrected chi connectivity index (χ4v) is 2.22. The number of halogens is 1. The molecule has 0 aliphatic carbocycles. The maximum absolute atomic E-state index is 6.21. The first-order valence-electron chi connectivity index (χ1n) is 6.09. The van der Waals surface area contributed by atoms with Gasteiger partial charge in [-0.3, -0.25) is 0 Å². The Morgan fingerprint density at radius 3 is 2.78 bits per heavy atom. The van der Waals surface area contributed by atoms with E-state index in [-0.39, 0.29) is 6.04 Å². The summed E-state index contributed by atoms with van der Waals surface area (Å²) in [5, 5.41) is 4.27. The maximum atomic E-state index is 6.21. The van der Waals surface area contributed by atoms with Gasteiger partial charge in [0.25, 0.3) is 0 Å². The predicted octanol–water partition coefficient (Wildman–Crippen LogP) is 3.08. The Bertz CT molecular complexity index is 534. The first kappa shape index (κ1) is 13.1. The quantitative estimate of drug-likeness (QED) is 0.919. The summed E-state index contributed by atoms with van der Waals surface area (Å²) in [5.41, 5.74) is 3.40. The molecule has 96 valence electrons. The lowest BCUT2D eigenvalue weighted by molar-refractivity contribution is 0.593. The molecular weight excluding hydrogens is 246 g/mol. The Labute approximate surface area is 113 Å². The first-order valence-corrected chi connectivity index (χ1v) is 6.47. The van der Waals surface area contributed by atoms with Crippen molar-refractivity contribution >= 4 is 11.6 Å². The number of nitrogens with one attached hydrogen (secondary N) is 1. The SMILES string of the molecule is CCNC(c1ccc(C)c(Cl)c1)c1cncn1C. The zero-order valence-electron chi connectivity index (χ0n) is 10.9. The summed E-state index contributed by atoms with van der Waals surface area (Å²) in [5.74, 6) is 0. The van der Waals surface area contributed by atoms with Gasteiger partial charge in [-0.25, -0.2) is 4.98 Å². The van der Waals surface area contributed by atoms with Gasteiger partial charge in [0.1, 0.15) is 0 Å². The van der Waals surface area contributed by atoms with Crippen LogP contribution in [0.5, 0.6) is 0 Å². The van der Waals surface area contributed by atoms with Crippen molar-refractivity contribution in [2.75, 3.05) is 6.54 Å². The fourth-order valence-electron chi connectivity index (χ4n) is 2.03. The normalized spacial score (nSPS) is 12.7. The van der Waals surface area contributed by atoms with Crippen LogP contribution in [0.2, 0.25) is 5.02 Å². The molecule has 0 fully saturated rings. The van der Waals surface area contributed by atoms with E-state index in [0.29, 0.717) is 0 Å². The number of aryl methyl sites for hydroxylation is 2. The minimum absolute atomic E-state index is 0.126. The van der Waals surface area contributed by atoms with Gasteiger partial charge in [0.15, 0.2) is 0 Å². The van der Waals surface area contributed by atoms with Crippen LogP contribution in [-0.2, 0) is 7.05 Å². The van der Waals surface area contributed by atoms with Crippen molar-refractivity contribution in [3.05, 3.63) is 52.6 Å². The second-order valence-corrected chi connectivity index (χ2v) is 4.84. The number of rotatable bonds is 4. The van der Waals surface area contributed by atoms with Crippen LogP contribution >= 0.6 is 11.6 Å². The summed E-state index contributed by atoms with van der Waals surface area (Å²) >= 11 is 6.21. The van der Waals surface area contributed by atoms with E-state index in [2.05, 4.69) is 29.4 Å². The van der Waals surface area contributed by atoms with Crippen LogP contribution < -0.4 is 5.32 Å². The van der Waals surface area contributed by atoms with E-state index in [0.717, 1.165) is 28.4 Å². The molecule has 4 heteroatoms. The molecule has 0 amide bonds. The topological polar surface area (TPSA) is 29.9 Å². The maximum Gasteiger partial charge on any atom is 0.0946 e. The molecule has 0 saturated heterocycles. The summed E-state index contributed by atoms with van der Waals surface area (Å²) in [4.78, 5) is 4.18. The van der Waals surface area contributed by atoms with Gasteiger partial charge in [0.2, 0.25) is 0 Å². The molecular formula is C14H18ClN3. The molecule has 1 atom stereocenters. The van der Waals surface area contributed by atoms with Crippen LogP contribution in [-0.4, -0.2) is 16.1 Å². The number of benzene rings is 1. The highest BCUT2D eigenvalue weighted by molar-refractivity contribution is 6.31. The number of nitrogens with zero attached hydrogens (tertiary/aromatic N) is 2. The van der Waals surface area contributed by atoms with Gasteiger partial charge in [-0.1, -0.05) is 30.7 Å². The molecule has 0 aliphatic heterocycles. The summed E-state index contributed by atoms with van der Waals surface area (Å²) in [6.45, 7) is 5.00. The smallest absolute Gasteiger partial charge is 0.0946 e. The fraction of sp³-hybridized carbons (Fsp3) is 0.357. The molecule has 1 unspecified atom stereocenters. The van der Waals surface area contributed by atoms with E-state index in [1.165, 1.54) is 0 Å². The van der Waals surface area contributed by atoms with E-state index in [1.807, 2.05) is 37.1 Å². The zero-order valence-corrected chi connectivity index (χ0v) is 11.7. The second kappa shape index (κ2) is 5.55. The molecule has 2 rings (SSSR count). The van der Waals surface area contributed by atoms with Gasteiger partial charge in [0, 0.05) is 12.1 Å². The molecule has 0 saturated carbocycles. The Hall–Kier alpha value is -1.32. The molecule has 18 heavy (non-hydrogen) atoms. The number of aromatic nitrogens is 2. The number of hydrogen-bond acceptors (Lipinski definition) is 2. The molecule has 0 bridgehead atoms. The van der Waals surface area contributed by atoms with Crippen molar-refractivity contribution < 1.29 is 0 Å². The highest BCUT2D eigenvalue weighted by Gasteiger charge is 2.16. The van der Waals surface area contributed by atoms with Crippen LogP contribution in [0, 0.1) is 6.92 Å². The molecule has 2 aromatic rings. The summed E-state index contributed by atoms with van der Waals surface area (Å²) < 4.78 is 2.03. The average Bonchev–Trinajstić information content (AvgIpc) is 2.76. The third-order valence-corrected chi connectivity index (χ3v) is 3.49. The van der Waals surface area contributed by atoms with Gasteiger partial charge < -0.3 is 9.88 Å². The minimum Gasteiger partial charge on any atom is -0.336 e. The minimum atomic E-state index is 0.126. The molecule has 1 aromatic heterocycles. The molecule has 1 aromatic carbocycles. The third kappa shape index (κ3) is 2.57. The Morgan fingerprint density at radius 1 is 1.44 bits per heavy atom. The van der Waals surface area contributed by atoms with E-state index in [4.69, 9.17) is 11.6 Å². The molecule has 0 spiro atoms. The van der Waals surface area contributed by atoms with Crippen LogP contribution in [0.3, 0.4) is 0 Å². The first-order chi connectivity index (χ1) is 8.63. The standard InChI is InChI=1S/C14H18ClN3/c1-4-17-14(13-8-16-9-18(13)3)11-6-5-10(2)12(15)7-11/h5-9,14,17H,4H2,1-3H3.